The Bertz CT molecular complexity index is 294. The average Bonchev–Trinajstić information content (AvgIpc) is 2.29. The zero-order valence-corrected chi connectivity index (χ0v) is 6.48. The van der Waals surface area contributed by atoms with Crippen LogP contribution in [-0.4, -0.2) is 26.1 Å². The fourth-order valence-corrected chi connectivity index (χ4v) is 0.825. The van der Waals surface area contributed by atoms with Crippen LogP contribution in [0.5, 0.6) is 0 Å². The van der Waals surface area contributed by atoms with Gasteiger partial charge in [0.25, 0.3) is 0 Å². The van der Waals surface area contributed by atoms with Crippen molar-refractivity contribution >= 4 is 11.9 Å². The second-order valence-corrected chi connectivity index (χ2v) is 2.23. The molecule has 0 spiro atoms. The van der Waals surface area contributed by atoms with E-state index in [1.54, 1.807) is 7.05 Å². The molecule has 0 radical (unpaired) electrons. The highest BCUT2D eigenvalue weighted by Gasteiger charge is 2.05. The molecule has 6 nitrogen and oxygen atoms in total. The van der Waals surface area contributed by atoms with Gasteiger partial charge in [0, 0.05) is 13.1 Å². The van der Waals surface area contributed by atoms with Gasteiger partial charge in [0.05, 0.1) is 12.3 Å². The molecule has 0 unspecified atom stereocenters. The maximum Gasteiger partial charge on any atom is 0.410 e. The number of carboxylic acid groups (broad SMARTS) is 1. The first-order valence-corrected chi connectivity index (χ1v) is 3.27. The lowest BCUT2D eigenvalue weighted by atomic mass is 10.4. The van der Waals surface area contributed by atoms with E-state index in [1.807, 2.05) is 0 Å². The van der Waals surface area contributed by atoms with E-state index < -0.39 is 6.09 Å². The Balaban J connectivity index is 2.82. The summed E-state index contributed by atoms with van der Waals surface area (Å²) >= 11 is 0. The molecule has 0 aliphatic rings. The number of aliphatic hydroxyl groups is 1. The molecule has 66 valence electrons. The summed E-state index contributed by atoms with van der Waals surface area (Å²) in [5.74, 6) is 0.217. The van der Waals surface area contributed by atoms with Gasteiger partial charge < -0.3 is 10.2 Å². The molecule has 1 aromatic heterocycles. The lowest BCUT2D eigenvalue weighted by Gasteiger charge is -1.92. The van der Waals surface area contributed by atoms with E-state index in [0.29, 0.717) is 5.69 Å². The number of rotatable bonds is 2. The van der Waals surface area contributed by atoms with Crippen LogP contribution < -0.4 is 5.32 Å². The predicted molar refractivity (Wildman–Crippen MR) is 40.8 cm³/mol. The van der Waals surface area contributed by atoms with Gasteiger partial charge >= 0.3 is 6.09 Å². The van der Waals surface area contributed by atoms with Crippen molar-refractivity contribution < 1.29 is 15.0 Å². The van der Waals surface area contributed by atoms with E-state index >= 15 is 0 Å². The van der Waals surface area contributed by atoms with Gasteiger partial charge in [-0.05, 0) is 0 Å². The molecule has 3 N–H and O–H groups in total. The van der Waals surface area contributed by atoms with E-state index in [2.05, 4.69) is 10.4 Å². The third kappa shape index (κ3) is 1.73. The SMILES string of the molecule is Cn1nc(NC(=O)O)cc1CO. The lowest BCUT2D eigenvalue weighted by Crippen LogP contribution is -2.07. The fourth-order valence-electron chi connectivity index (χ4n) is 0.825. The first-order valence-electron chi connectivity index (χ1n) is 3.27. The molecule has 0 saturated heterocycles. The topological polar surface area (TPSA) is 87.4 Å². The van der Waals surface area contributed by atoms with E-state index in [-0.39, 0.29) is 12.4 Å². The Labute approximate surface area is 68.4 Å². The first-order chi connectivity index (χ1) is 5.63. The summed E-state index contributed by atoms with van der Waals surface area (Å²) in [5.41, 5.74) is 0.554. The number of aliphatic hydroxyl groups excluding tert-OH is 1. The second-order valence-electron chi connectivity index (χ2n) is 2.23. The van der Waals surface area contributed by atoms with Crippen LogP contribution in [0.2, 0.25) is 0 Å². The van der Waals surface area contributed by atoms with Crippen molar-refractivity contribution in [3.63, 3.8) is 0 Å². The molecule has 6 heteroatoms. The summed E-state index contributed by atoms with van der Waals surface area (Å²) in [5, 5.41) is 22.9. The summed E-state index contributed by atoms with van der Waals surface area (Å²) in [6.07, 6.45) is -1.17. The monoisotopic (exact) mass is 171 g/mol. The highest BCUT2D eigenvalue weighted by Crippen LogP contribution is 2.07. The number of carbonyl (C=O) groups is 1. The van der Waals surface area contributed by atoms with Crippen LogP contribution >= 0.6 is 0 Å². The van der Waals surface area contributed by atoms with Crippen molar-refractivity contribution in [2.45, 2.75) is 6.61 Å². The summed E-state index contributed by atoms with van der Waals surface area (Å²) in [6, 6.07) is 1.47. The summed E-state index contributed by atoms with van der Waals surface area (Å²) in [6.45, 7) is -0.162. The minimum absolute atomic E-state index is 0.162. The highest BCUT2D eigenvalue weighted by molar-refractivity contribution is 5.81. The predicted octanol–water partition coefficient (Wildman–Crippen LogP) is 0.00230. The third-order valence-electron chi connectivity index (χ3n) is 1.37. The molecule has 0 fully saturated rings. The molecule has 0 atom stereocenters. The van der Waals surface area contributed by atoms with Crippen LogP contribution in [0.15, 0.2) is 6.07 Å². The van der Waals surface area contributed by atoms with Gasteiger partial charge in [0.15, 0.2) is 5.82 Å². The van der Waals surface area contributed by atoms with Crippen LogP contribution in [0.25, 0.3) is 0 Å². The Morgan fingerprint density at radius 3 is 2.92 bits per heavy atom. The number of nitrogens with zero attached hydrogens (tertiary/aromatic N) is 2. The van der Waals surface area contributed by atoms with Crippen LogP contribution in [0.1, 0.15) is 5.69 Å². The first kappa shape index (κ1) is 8.54. The molecular weight excluding hydrogens is 162 g/mol. The molecule has 12 heavy (non-hydrogen) atoms. The summed E-state index contributed by atoms with van der Waals surface area (Å²) < 4.78 is 1.41. The van der Waals surface area contributed by atoms with E-state index in [0.717, 1.165) is 0 Å². The van der Waals surface area contributed by atoms with Crippen molar-refractivity contribution in [1.29, 1.82) is 0 Å². The van der Waals surface area contributed by atoms with Crippen molar-refractivity contribution in [2.75, 3.05) is 5.32 Å². The molecule has 1 aromatic rings. The molecule has 1 rings (SSSR count). The largest absolute Gasteiger partial charge is 0.465 e. The van der Waals surface area contributed by atoms with Crippen LogP contribution in [0.4, 0.5) is 10.6 Å². The molecule has 0 saturated carbocycles. The Morgan fingerprint density at radius 2 is 2.50 bits per heavy atom. The average molecular weight is 171 g/mol. The number of hydrogen-bond acceptors (Lipinski definition) is 3. The van der Waals surface area contributed by atoms with Gasteiger partial charge in [-0.25, -0.2) is 4.79 Å². The van der Waals surface area contributed by atoms with Gasteiger partial charge in [0.1, 0.15) is 0 Å². The van der Waals surface area contributed by atoms with Crippen LogP contribution in [0, 0.1) is 0 Å². The Morgan fingerprint density at radius 1 is 1.83 bits per heavy atom. The van der Waals surface area contributed by atoms with Crippen molar-refractivity contribution in [2.24, 2.45) is 7.05 Å². The molecule has 1 amide bonds. The Hall–Kier alpha value is -1.56. The van der Waals surface area contributed by atoms with E-state index in [1.165, 1.54) is 10.7 Å². The molecule has 0 aliphatic carbocycles. The van der Waals surface area contributed by atoms with Crippen molar-refractivity contribution in [3.8, 4) is 0 Å². The van der Waals surface area contributed by atoms with Gasteiger partial charge in [0.2, 0.25) is 0 Å². The maximum atomic E-state index is 10.2. The zero-order chi connectivity index (χ0) is 9.14. The molecule has 0 aromatic carbocycles. The number of aryl methyl sites for hydroxylation is 1. The van der Waals surface area contributed by atoms with Crippen LogP contribution in [-0.2, 0) is 13.7 Å². The fraction of sp³-hybridized carbons (Fsp3) is 0.333. The van der Waals surface area contributed by atoms with Crippen LogP contribution in [0.3, 0.4) is 0 Å². The number of hydrogen-bond donors (Lipinski definition) is 3. The molecular formula is C6H9N3O3. The van der Waals surface area contributed by atoms with Gasteiger partial charge in [-0.15, -0.1) is 0 Å². The molecule has 0 bridgehead atoms. The minimum atomic E-state index is -1.17. The van der Waals surface area contributed by atoms with Gasteiger partial charge in [-0.1, -0.05) is 0 Å². The smallest absolute Gasteiger partial charge is 0.410 e. The van der Waals surface area contributed by atoms with Crippen molar-refractivity contribution in [1.82, 2.24) is 9.78 Å². The summed E-state index contributed by atoms with van der Waals surface area (Å²) in [7, 11) is 1.62. The number of anilines is 1. The molecule has 0 aliphatic heterocycles. The van der Waals surface area contributed by atoms with E-state index in [4.69, 9.17) is 10.2 Å². The lowest BCUT2D eigenvalue weighted by molar-refractivity contribution is 0.209. The highest BCUT2D eigenvalue weighted by atomic mass is 16.4. The zero-order valence-electron chi connectivity index (χ0n) is 6.48. The van der Waals surface area contributed by atoms with Gasteiger partial charge in [-0.3, -0.25) is 10.00 Å². The standard InChI is InChI=1S/C6H9N3O3/c1-9-4(3-10)2-5(8-9)7-6(11)12/h2,10H,3H2,1H3,(H,7,8)(H,11,12). The molecule has 1 heterocycles. The van der Waals surface area contributed by atoms with Gasteiger partial charge in [-0.2, -0.15) is 5.10 Å². The number of aromatic nitrogens is 2. The quantitative estimate of drug-likeness (QED) is 0.584. The normalized spacial score (nSPS) is 9.83. The minimum Gasteiger partial charge on any atom is -0.465 e. The maximum absolute atomic E-state index is 10.2. The summed E-state index contributed by atoms with van der Waals surface area (Å²) in [4.78, 5) is 10.2. The second kappa shape index (κ2) is 3.22. The Kier molecular flexibility index (Phi) is 2.29. The third-order valence-corrected chi connectivity index (χ3v) is 1.37. The van der Waals surface area contributed by atoms with Crippen molar-refractivity contribution in [3.05, 3.63) is 11.8 Å². The number of amides is 1. The number of nitrogens with one attached hydrogen (secondary N) is 1. The van der Waals surface area contributed by atoms with E-state index in [9.17, 15) is 4.79 Å².